The highest BCUT2D eigenvalue weighted by Gasteiger charge is 2.06. The fourth-order valence-corrected chi connectivity index (χ4v) is 1.92. The molecule has 0 unspecified atom stereocenters. The van der Waals surface area contributed by atoms with E-state index in [4.69, 9.17) is 9.47 Å². The van der Waals surface area contributed by atoms with Crippen molar-refractivity contribution in [2.45, 2.75) is 13.3 Å². The summed E-state index contributed by atoms with van der Waals surface area (Å²) in [7, 11) is 0. The lowest BCUT2D eigenvalue weighted by atomic mass is 10.2. The van der Waals surface area contributed by atoms with Crippen LogP contribution in [0.5, 0.6) is 11.5 Å². The van der Waals surface area contributed by atoms with Gasteiger partial charge in [-0.15, -0.1) is 0 Å². The van der Waals surface area contributed by atoms with Gasteiger partial charge in [0.1, 0.15) is 18.1 Å². The number of amides is 1. The fourth-order valence-electron chi connectivity index (χ4n) is 1.92. The molecule has 0 spiro atoms. The molecule has 0 aliphatic rings. The summed E-state index contributed by atoms with van der Waals surface area (Å²) in [6.45, 7) is 6.78. The first-order valence-corrected chi connectivity index (χ1v) is 7.61. The van der Waals surface area contributed by atoms with E-state index < -0.39 is 0 Å². The SMILES string of the molecule is C=CCOc1ccc(NC(=O)c2ccc(OCCC)cc2)cc1. The fraction of sp³-hybridized carbons (Fsp3) is 0.211. The third-order valence-corrected chi connectivity index (χ3v) is 3.07. The zero-order chi connectivity index (χ0) is 16.5. The van der Waals surface area contributed by atoms with Crippen molar-refractivity contribution in [3.05, 3.63) is 66.7 Å². The first-order valence-electron chi connectivity index (χ1n) is 7.61. The van der Waals surface area contributed by atoms with E-state index in [-0.39, 0.29) is 5.91 Å². The van der Waals surface area contributed by atoms with E-state index in [0.29, 0.717) is 24.5 Å². The number of rotatable bonds is 8. The van der Waals surface area contributed by atoms with Gasteiger partial charge in [0.25, 0.3) is 5.91 Å². The summed E-state index contributed by atoms with van der Waals surface area (Å²) in [5, 5.41) is 2.85. The van der Waals surface area contributed by atoms with Gasteiger partial charge >= 0.3 is 0 Å². The Hall–Kier alpha value is -2.75. The molecule has 0 bridgehead atoms. The molecule has 2 rings (SSSR count). The van der Waals surface area contributed by atoms with E-state index in [0.717, 1.165) is 17.9 Å². The lowest BCUT2D eigenvalue weighted by Crippen LogP contribution is -2.11. The zero-order valence-electron chi connectivity index (χ0n) is 13.2. The smallest absolute Gasteiger partial charge is 0.255 e. The minimum Gasteiger partial charge on any atom is -0.494 e. The zero-order valence-corrected chi connectivity index (χ0v) is 13.2. The summed E-state index contributed by atoms with van der Waals surface area (Å²) in [6.07, 6.45) is 2.64. The Balaban J connectivity index is 1.94. The Labute approximate surface area is 136 Å². The molecular formula is C19H21NO3. The van der Waals surface area contributed by atoms with E-state index >= 15 is 0 Å². The Morgan fingerprint density at radius 2 is 1.65 bits per heavy atom. The van der Waals surface area contributed by atoms with Gasteiger partial charge in [-0.05, 0) is 55.0 Å². The minimum absolute atomic E-state index is 0.160. The van der Waals surface area contributed by atoms with Gasteiger partial charge in [0.15, 0.2) is 0 Å². The van der Waals surface area contributed by atoms with Crippen molar-refractivity contribution in [2.75, 3.05) is 18.5 Å². The van der Waals surface area contributed by atoms with Crippen LogP contribution in [0.3, 0.4) is 0 Å². The lowest BCUT2D eigenvalue weighted by molar-refractivity contribution is 0.102. The molecule has 0 fully saturated rings. The van der Waals surface area contributed by atoms with Crippen LogP contribution < -0.4 is 14.8 Å². The van der Waals surface area contributed by atoms with Gasteiger partial charge in [0.05, 0.1) is 6.61 Å². The van der Waals surface area contributed by atoms with Crippen molar-refractivity contribution in [2.24, 2.45) is 0 Å². The molecular weight excluding hydrogens is 290 g/mol. The van der Waals surface area contributed by atoms with E-state index in [1.807, 2.05) is 0 Å². The number of hydrogen-bond donors (Lipinski definition) is 1. The van der Waals surface area contributed by atoms with E-state index in [1.54, 1.807) is 54.6 Å². The molecule has 2 aromatic rings. The number of carbonyl (C=O) groups excluding carboxylic acids is 1. The van der Waals surface area contributed by atoms with Crippen LogP contribution in [0.1, 0.15) is 23.7 Å². The van der Waals surface area contributed by atoms with E-state index in [9.17, 15) is 4.79 Å². The highest BCUT2D eigenvalue weighted by molar-refractivity contribution is 6.04. The molecule has 0 aliphatic carbocycles. The lowest BCUT2D eigenvalue weighted by Gasteiger charge is -2.08. The molecule has 23 heavy (non-hydrogen) atoms. The van der Waals surface area contributed by atoms with Crippen molar-refractivity contribution in [3.8, 4) is 11.5 Å². The highest BCUT2D eigenvalue weighted by Crippen LogP contribution is 2.17. The van der Waals surface area contributed by atoms with Gasteiger partial charge in [-0.2, -0.15) is 0 Å². The van der Waals surface area contributed by atoms with Crippen LogP contribution in [-0.4, -0.2) is 19.1 Å². The van der Waals surface area contributed by atoms with E-state index in [1.165, 1.54) is 0 Å². The van der Waals surface area contributed by atoms with Crippen LogP contribution in [0.4, 0.5) is 5.69 Å². The molecule has 2 aromatic carbocycles. The number of carbonyl (C=O) groups is 1. The van der Waals surface area contributed by atoms with Crippen LogP contribution in [0.2, 0.25) is 0 Å². The second-order valence-corrected chi connectivity index (χ2v) is 4.95. The Morgan fingerprint density at radius 1 is 1.04 bits per heavy atom. The molecule has 0 saturated heterocycles. The van der Waals surface area contributed by atoms with Crippen LogP contribution in [0, 0.1) is 0 Å². The monoisotopic (exact) mass is 311 g/mol. The van der Waals surface area contributed by atoms with Gasteiger partial charge in [0.2, 0.25) is 0 Å². The van der Waals surface area contributed by atoms with Crippen molar-refractivity contribution >= 4 is 11.6 Å². The minimum atomic E-state index is -0.160. The normalized spacial score (nSPS) is 9.96. The van der Waals surface area contributed by atoms with Crippen LogP contribution in [0.15, 0.2) is 61.2 Å². The molecule has 1 amide bonds. The third-order valence-electron chi connectivity index (χ3n) is 3.07. The second kappa shape index (κ2) is 8.63. The number of hydrogen-bond acceptors (Lipinski definition) is 3. The number of anilines is 1. The van der Waals surface area contributed by atoms with Crippen LogP contribution in [0.25, 0.3) is 0 Å². The molecule has 4 heteroatoms. The van der Waals surface area contributed by atoms with Gasteiger partial charge in [-0.3, -0.25) is 4.79 Å². The Morgan fingerprint density at radius 3 is 2.26 bits per heavy atom. The molecule has 120 valence electrons. The van der Waals surface area contributed by atoms with Crippen molar-refractivity contribution in [1.82, 2.24) is 0 Å². The van der Waals surface area contributed by atoms with E-state index in [2.05, 4.69) is 18.8 Å². The molecule has 1 N–H and O–H groups in total. The van der Waals surface area contributed by atoms with Gasteiger partial charge in [-0.25, -0.2) is 0 Å². The quantitative estimate of drug-likeness (QED) is 0.740. The molecule has 0 aromatic heterocycles. The van der Waals surface area contributed by atoms with Gasteiger partial charge < -0.3 is 14.8 Å². The molecule has 4 nitrogen and oxygen atoms in total. The van der Waals surface area contributed by atoms with Crippen LogP contribution >= 0.6 is 0 Å². The Bertz CT molecular complexity index is 633. The van der Waals surface area contributed by atoms with Gasteiger partial charge in [0, 0.05) is 11.3 Å². The second-order valence-electron chi connectivity index (χ2n) is 4.95. The largest absolute Gasteiger partial charge is 0.494 e. The summed E-state index contributed by atoms with van der Waals surface area (Å²) in [6, 6.07) is 14.3. The molecule has 0 atom stereocenters. The highest BCUT2D eigenvalue weighted by atomic mass is 16.5. The summed E-state index contributed by atoms with van der Waals surface area (Å²) < 4.78 is 10.9. The predicted molar refractivity (Wildman–Crippen MR) is 92.3 cm³/mol. The predicted octanol–water partition coefficient (Wildman–Crippen LogP) is 4.29. The average molecular weight is 311 g/mol. The third kappa shape index (κ3) is 5.18. The summed E-state index contributed by atoms with van der Waals surface area (Å²) in [5.74, 6) is 1.35. The topological polar surface area (TPSA) is 47.6 Å². The Kier molecular flexibility index (Phi) is 6.24. The number of benzene rings is 2. The maximum Gasteiger partial charge on any atom is 0.255 e. The van der Waals surface area contributed by atoms with Crippen LogP contribution in [-0.2, 0) is 0 Å². The summed E-state index contributed by atoms with van der Waals surface area (Å²) in [4.78, 5) is 12.2. The summed E-state index contributed by atoms with van der Waals surface area (Å²) in [5.41, 5.74) is 1.30. The van der Waals surface area contributed by atoms with Crippen molar-refractivity contribution < 1.29 is 14.3 Å². The molecule has 0 heterocycles. The first-order chi connectivity index (χ1) is 11.2. The number of ether oxygens (including phenoxy) is 2. The first kappa shape index (κ1) is 16.6. The molecule has 0 saturated carbocycles. The average Bonchev–Trinajstić information content (AvgIpc) is 2.59. The maximum absolute atomic E-state index is 12.2. The van der Waals surface area contributed by atoms with Gasteiger partial charge in [-0.1, -0.05) is 19.6 Å². The van der Waals surface area contributed by atoms with Crippen molar-refractivity contribution in [3.63, 3.8) is 0 Å². The molecule has 0 radical (unpaired) electrons. The van der Waals surface area contributed by atoms with Crippen molar-refractivity contribution in [1.29, 1.82) is 0 Å². The summed E-state index contributed by atoms with van der Waals surface area (Å²) >= 11 is 0. The number of nitrogens with one attached hydrogen (secondary N) is 1. The standard InChI is InChI=1S/C19H21NO3/c1-3-13-22-17-9-5-15(6-10-17)19(21)20-16-7-11-18(12-8-16)23-14-4-2/h4-12H,2-3,13-14H2,1H3,(H,20,21). The maximum atomic E-state index is 12.2. The molecule has 0 aliphatic heterocycles.